The van der Waals surface area contributed by atoms with E-state index >= 15 is 0 Å². The minimum Gasteiger partial charge on any atom is -0.309 e. The van der Waals surface area contributed by atoms with Crippen LogP contribution in [0.3, 0.4) is 0 Å². The molecule has 0 heterocycles. The second kappa shape index (κ2) is 7.31. The molecule has 0 aromatic rings. The van der Waals surface area contributed by atoms with Gasteiger partial charge in [0.1, 0.15) is 0 Å². The maximum atomic E-state index is 11.7. The highest BCUT2D eigenvalue weighted by atomic mass is 32.2. The van der Waals surface area contributed by atoms with Crippen molar-refractivity contribution in [2.24, 2.45) is 0 Å². The van der Waals surface area contributed by atoms with Gasteiger partial charge < -0.3 is 4.90 Å². The molecule has 2 N–H and O–H groups in total. The molecule has 0 unspecified atom stereocenters. The Labute approximate surface area is 105 Å². The third-order valence-electron chi connectivity index (χ3n) is 3.00. The first kappa shape index (κ1) is 14.9. The largest absolute Gasteiger partial charge is 0.309 e. The highest BCUT2D eigenvalue weighted by Gasteiger charge is 2.19. The van der Waals surface area contributed by atoms with E-state index in [9.17, 15) is 8.42 Å². The van der Waals surface area contributed by atoms with Crippen LogP contribution in [0.4, 0.5) is 0 Å². The average Bonchev–Trinajstić information content (AvgIpc) is 2.25. The Morgan fingerprint density at radius 1 is 1.18 bits per heavy atom. The molecule has 5 nitrogen and oxygen atoms in total. The minimum absolute atomic E-state index is 0.134. The van der Waals surface area contributed by atoms with E-state index in [0.717, 1.165) is 38.6 Å². The first-order chi connectivity index (χ1) is 7.99. The number of nitrogens with zero attached hydrogens (tertiary/aromatic N) is 1. The highest BCUT2D eigenvalue weighted by molar-refractivity contribution is 7.87. The molecule has 1 fully saturated rings. The number of hydrogen-bond donors (Lipinski definition) is 2. The van der Waals surface area contributed by atoms with Crippen LogP contribution in [-0.4, -0.2) is 46.5 Å². The molecule has 6 heteroatoms. The molecule has 0 aromatic carbocycles. The predicted octanol–water partition coefficient (Wildman–Crippen LogP) is 0.695. The first-order valence-corrected chi connectivity index (χ1v) is 7.89. The maximum absolute atomic E-state index is 11.7. The maximum Gasteiger partial charge on any atom is 0.277 e. The summed E-state index contributed by atoms with van der Waals surface area (Å²) in [4.78, 5) is 2.04. The zero-order chi connectivity index (χ0) is 12.7. The fourth-order valence-corrected chi connectivity index (χ4v) is 3.25. The molecule has 0 atom stereocenters. The van der Waals surface area contributed by atoms with Gasteiger partial charge in [0.2, 0.25) is 0 Å². The van der Waals surface area contributed by atoms with Gasteiger partial charge in [-0.25, -0.2) is 4.72 Å². The number of hydrogen-bond acceptors (Lipinski definition) is 3. The Bertz CT molecular complexity index is 298. The van der Waals surface area contributed by atoms with Crippen LogP contribution in [0.5, 0.6) is 0 Å². The van der Waals surface area contributed by atoms with Crippen LogP contribution in [0.2, 0.25) is 0 Å². The Kier molecular flexibility index (Phi) is 6.40. The van der Waals surface area contributed by atoms with E-state index in [1.54, 1.807) is 0 Å². The van der Waals surface area contributed by atoms with Crippen LogP contribution in [0.1, 0.15) is 38.5 Å². The average molecular weight is 263 g/mol. The fraction of sp³-hybridized carbons (Fsp3) is 1.00. The van der Waals surface area contributed by atoms with E-state index in [1.807, 2.05) is 19.0 Å². The van der Waals surface area contributed by atoms with Crippen molar-refractivity contribution in [1.29, 1.82) is 0 Å². The van der Waals surface area contributed by atoms with E-state index in [-0.39, 0.29) is 6.04 Å². The molecule has 0 bridgehead atoms. The first-order valence-electron chi connectivity index (χ1n) is 6.41. The summed E-state index contributed by atoms with van der Waals surface area (Å²) in [5.74, 6) is 0. The van der Waals surface area contributed by atoms with Gasteiger partial charge in [-0.2, -0.15) is 13.1 Å². The molecule has 1 aliphatic rings. The van der Waals surface area contributed by atoms with Gasteiger partial charge in [-0.1, -0.05) is 19.3 Å². The summed E-state index contributed by atoms with van der Waals surface area (Å²) >= 11 is 0. The summed E-state index contributed by atoms with van der Waals surface area (Å²) in [6, 6.07) is 0.134. The number of nitrogens with one attached hydrogen (secondary N) is 2. The lowest BCUT2D eigenvalue weighted by molar-refractivity contribution is 0.396. The van der Waals surface area contributed by atoms with Crippen molar-refractivity contribution >= 4 is 10.2 Å². The van der Waals surface area contributed by atoms with Crippen molar-refractivity contribution in [3.63, 3.8) is 0 Å². The van der Waals surface area contributed by atoms with Crippen molar-refractivity contribution in [2.45, 2.75) is 44.6 Å². The lowest BCUT2D eigenvalue weighted by Crippen LogP contribution is -2.44. The minimum atomic E-state index is -3.30. The fourth-order valence-electron chi connectivity index (χ4n) is 2.08. The third-order valence-corrected chi connectivity index (χ3v) is 4.23. The van der Waals surface area contributed by atoms with Crippen LogP contribution in [0.25, 0.3) is 0 Å². The van der Waals surface area contributed by atoms with Crippen LogP contribution in [0, 0.1) is 0 Å². The molecule has 0 spiro atoms. The molecular weight excluding hydrogens is 238 g/mol. The molecule has 102 valence electrons. The van der Waals surface area contributed by atoms with E-state index in [2.05, 4.69) is 9.44 Å². The summed E-state index contributed by atoms with van der Waals surface area (Å²) in [6.45, 7) is 1.40. The zero-order valence-electron chi connectivity index (χ0n) is 10.9. The normalized spacial score (nSPS) is 18.8. The Morgan fingerprint density at radius 3 is 2.41 bits per heavy atom. The van der Waals surface area contributed by atoms with Crippen molar-refractivity contribution in [3.05, 3.63) is 0 Å². The quantitative estimate of drug-likeness (QED) is 0.665. The van der Waals surface area contributed by atoms with Gasteiger partial charge in [0.05, 0.1) is 0 Å². The van der Waals surface area contributed by atoms with Crippen molar-refractivity contribution < 1.29 is 8.42 Å². The molecule has 0 radical (unpaired) electrons. The summed E-state index contributed by atoms with van der Waals surface area (Å²) in [5, 5.41) is 0. The standard InChI is InChI=1S/C11H25N3O2S/c1-14(2)10-6-9-12-17(15,16)13-11-7-4-3-5-8-11/h11-13H,3-10H2,1-2H3. The molecule has 0 aromatic heterocycles. The predicted molar refractivity (Wildman–Crippen MR) is 70.1 cm³/mol. The second-order valence-electron chi connectivity index (χ2n) is 5.01. The molecule has 1 rings (SSSR count). The molecule has 0 aliphatic heterocycles. The molecule has 0 saturated heterocycles. The van der Waals surface area contributed by atoms with Crippen LogP contribution in [0.15, 0.2) is 0 Å². The van der Waals surface area contributed by atoms with Gasteiger partial charge in [-0.3, -0.25) is 0 Å². The van der Waals surface area contributed by atoms with Gasteiger partial charge in [-0.15, -0.1) is 0 Å². The molecular formula is C11H25N3O2S. The lowest BCUT2D eigenvalue weighted by atomic mass is 9.96. The van der Waals surface area contributed by atoms with Crippen molar-refractivity contribution in [3.8, 4) is 0 Å². The summed E-state index contributed by atoms with van der Waals surface area (Å²) < 4.78 is 28.7. The molecule has 0 amide bonds. The van der Waals surface area contributed by atoms with E-state index in [1.165, 1.54) is 6.42 Å². The summed E-state index contributed by atoms with van der Waals surface area (Å²) in [6.07, 6.45) is 6.27. The van der Waals surface area contributed by atoms with Crippen LogP contribution in [-0.2, 0) is 10.2 Å². The van der Waals surface area contributed by atoms with Crippen molar-refractivity contribution in [2.75, 3.05) is 27.2 Å². The van der Waals surface area contributed by atoms with Crippen LogP contribution >= 0.6 is 0 Å². The Morgan fingerprint density at radius 2 is 1.82 bits per heavy atom. The Hall–Kier alpha value is -0.170. The highest BCUT2D eigenvalue weighted by Crippen LogP contribution is 2.17. The summed E-state index contributed by atoms with van der Waals surface area (Å²) in [7, 11) is 0.664. The Balaban J connectivity index is 2.20. The van der Waals surface area contributed by atoms with E-state index in [0.29, 0.717) is 6.54 Å². The van der Waals surface area contributed by atoms with Gasteiger partial charge in [-0.05, 0) is 39.9 Å². The van der Waals surface area contributed by atoms with Gasteiger partial charge in [0, 0.05) is 12.6 Å². The topological polar surface area (TPSA) is 61.4 Å². The van der Waals surface area contributed by atoms with Gasteiger partial charge >= 0.3 is 0 Å². The third kappa shape index (κ3) is 6.98. The van der Waals surface area contributed by atoms with E-state index in [4.69, 9.17) is 0 Å². The van der Waals surface area contributed by atoms with Gasteiger partial charge in [0.25, 0.3) is 10.2 Å². The SMILES string of the molecule is CN(C)CCCNS(=O)(=O)NC1CCCCC1. The van der Waals surface area contributed by atoms with Crippen LogP contribution < -0.4 is 9.44 Å². The molecule has 17 heavy (non-hydrogen) atoms. The van der Waals surface area contributed by atoms with Crippen molar-refractivity contribution in [1.82, 2.24) is 14.3 Å². The second-order valence-corrected chi connectivity index (χ2v) is 6.54. The smallest absolute Gasteiger partial charge is 0.277 e. The molecule has 1 saturated carbocycles. The monoisotopic (exact) mass is 263 g/mol. The van der Waals surface area contributed by atoms with Gasteiger partial charge in [0.15, 0.2) is 0 Å². The zero-order valence-corrected chi connectivity index (χ0v) is 11.7. The summed E-state index contributed by atoms with van der Waals surface area (Å²) in [5.41, 5.74) is 0. The number of rotatable bonds is 7. The molecule has 1 aliphatic carbocycles. The van der Waals surface area contributed by atoms with E-state index < -0.39 is 10.2 Å². The lowest BCUT2D eigenvalue weighted by Gasteiger charge is -2.22.